The van der Waals surface area contributed by atoms with E-state index >= 15 is 0 Å². The minimum Gasteiger partial charge on any atom is -0.379 e. The first-order chi connectivity index (χ1) is 16.0. The zero-order valence-corrected chi connectivity index (χ0v) is 19.8. The quantitative estimate of drug-likeness (QED) is 0.592. The maximum Gasteiger partial charge on any atom is 0.253 e. The number of nitrogens with one attached hydrogen (secondary N) is 2. The molecule has 0 aliphatic carbocycles. The number of halogens is 1. The van der Waals surface area contributed by atoms with Gasteiger partial charge in [-0.2, -0.15) is 0 Å². The van der Waals surface area contributed by atoms with Gasteiger partial charge >= 0.3 is 0 Å². The second-order valence-electron chi connectivity index (χ2n) is 8.13. The molecule has 0 saturated carbocycles. The number of benzene rings is 2. The minimum atomic E-state index is -0.487. The molecule has 2 N–H and O–H groups in total. The van der Waals surface area contributed by atoms with Crippen molar-refractivity contribution in [3.63, 3.8) is 0 Å². The van der Waals surface area contributed by atoms with Crippen molar-refractivity contribution in [2.45, 2.75) is 6.42 Å². The molecule has 9 heteroatoms. The molecule has 2 aromatic rings. The number of nitrogens with zero attached hydrogens (tertiary/aromatic N) is 2. The minimum absolute atomic E-state index is 0.0911. The summed E-state index contributed by atoms with van der Waals surface area (Å²) >= 11 is 3.39. The van der Waals surface area contributed by atoms with Gasteiger partial charge in [0.25, 0.3) is 5.91 Å². The van der Waals surface area contributed by atoms with Crippen LogP contribution < -0.4 is 15.5 Å². The van der Waals surface area contributed by atoms with E-state index < -0.39 is 5.92 Å². The summed E-state index contributed by atoms with van der Waals surface area (Å²) in [5.41, 5.74) is 1.61. The van der Waals surface area contributed by atoms with E-state index in [0.29, 0.717) is 37.6 Å². The van der Waals surface area contributed by atoms with Gasteiger partial charge in [0.2, 0.25) is 11.8 Å². The van der Waals surface area contributed by atoms with Crippen molar-refractivity contribution in [1.29, 1.82) is 0 Å². The van der Waals surface area contributed by atoms with Crippen LogP contribution >= 0.6 is 15.9 Å². The average Bonchev–Trinajstić information content (AvgIpc) is 3.22. The molecule has 3 amide bonds. The molecular weight excluding hydrogens is 488 g/mol. The molecule has 0 bridgehead atoms. The Morgan fingerprint density at radius 1 is 1.06 bits per heavy atom. The third-order valence-corrected chi connectivity index (χ3v) is 6.41. The summed E-state index contributed by atoms with van der Waals surface area (Å²) in [6.07, 6.45) is 0.135. The zero-order chi connectivity index (χ0) is 23.2. The summed E-state index contributed by atoms with van der Waals surface area (Å²) in [5, 5.41) is 5.79. The van der Waals surface area contributed by atoms with Crippen LogP contribution in [0.2, 0.25) is 0 Å². The number of anilines is 2. The molecule has 2 fully saturated rings. The summed E-state index contributed by atoms with van der Waals surface area (Å²) in [7, 11) is 0. The maximum atomic E-state index is 12.9. The lowest BCUT2D eigenvalue weighted by Crippen LogP contribution is -2.41. The first-order valence-electron chi connectivity index (χ1n) is 11.1. The van der Waals surface area contributed by atoms with Crippen LogP contribution in [0.15, 0.2) is 53.0 Å². The lowest BCUT2D eigenvalue weighted by atomic mass is 10.1. The number of amides is 3. The zero-order valence-electron chi connectivity index (χ0n) is 18.3. The van der Waals surface area contributed by atoms with Crippen LogP contribution in [-0.2, 0) is 14.3 Å². The van der Waals surface area contributed by atoms with Crippen LogP contribution in [0.3, 0.4) is 0 Å². The van der Waals surface area contributed by atoms with Crippen LogP contribution in [0.5, 0.6) is 0 Å². The smallest absolute Gasteiger partial charge is 0.253 e. The molecule has 1 atom stereocenters. The lowest BCUT2D eigenvalue weighted by molar-refractivity contribution is -0.122. The summed E-state index contributed by atoms with van der Waals surface area (Å²) in [5.74, 6) is -1.08. The van der Waals surface area contributed by atoms with E-state index in [2.05, 4.69) is 31.5 Å². The molecule has 0 radical (unpaired) electrons. The lowest BCUT2D eigenvalue weighted by Gasteiger charge is -2.26. The standard InChI is InChI=1S/C24H27BrN4O4/c25-18-5-7-19(8-6-18)29-16-17(15-22(29)30)23(31)27-21-4-2-1-3-20(21)24(32)26-9-10-28-11-13-33-14-12-28/h1-8,17H,9-16H2,(H,26,32)(H,27,31)/t17-/m1/s1. The van der Waals surface area contributed by atoms with Crippen molar-refractivity contribution in [3.05, 3.63) is 58.6 Å². The fraction of sp³-hybridized carbons (Fsp3) is 0.375. The Morgan fingerprint density at radius 3 is 2.55 bits per heavy atom. The SMILES string of the molecule is O=C(NCCN1CCOCC1)c1ccccc1NC(=O)[C@@H]1CC(=O)N(c2ccc(Br)cc2)C1. The normalized spacial score (nSPS) is 18.9. The number of morpholine rings is 1. The van der Waals surface area contributed by atoms with Gasteiger partial charge in [-0.1, -0.05) is 28.1 Å². The van der Waals surface area contributed by atoms with Crippen molar-refractivity contribution in [1.82, 2.24) is 10.2 Å². The number of carbonyl (C=O) groups is 3. The highest BCUT2D eigenvalue weighted by Crippen LogP contribution is 2.27. The Balaban J connectivity index is 1.35. The fourth-order valence-corrected chi connectivity index (χ4v) is 4.29. The molecule has 2 aromatic carbocycles. The molecule has 174 valence electrons. The third-order valence-electron chi connectivity index (χ3n) is 5.88. The second kappa shape index (κ2) is 10.9. The van der Waals surface area contributed by atoms with E-state index in [4.69, 9.17) is 4.74 Å². The van der Waals surface area contributed by atoms with Gasteiger partial charge in [-0.25, -0.2) is 0 Å². The number of ether oxygens (including phenoxy) is 1. The predicted molar refractivity (Wildman–Crippen MR) is 129 cm³/mol. The Kier molecular flexibility index (Phi) is 7.74. The van der Waals surface area contributed by atoms with Crippen molar-refractivity contribution in [2.24, 2.45) is 5.92 Å². The Labute approximate surface area is 201 Å². The third kappa shape index (κ3) is 5.98. The molecule has 2 saturated heterocycles. The Bertz CT molecular complexity index is 1010. The maximum absolute atomic E-state index is 12.9. The average molecular weight is 515 g/mol. The molecule has 2 heterocycles. The Hall–Kier alpha value is -2.75. The van der Waals surface area contributed by atoms with Gasteiger partial charge in [-0.15, -0.1) is 0 Å². The first-order valence-corrected chi connectivity index (χ1v) is 11.8. The highest BCUT2D eigenvalue weighted by molar-refractivity contribution is 9.10. The van der Waals surface area contributed by atoms with Gasteiger partial charge < -0.3 is 20.3 Å². The number of rotatable bonds is 7. The number of para-hydroxylation sites is 1. The van der Waals surface area contributed by atoms with Gasteiger partial charge in [0.1, 0.15) is 0 Å². The highest BCUT2D eigenvalue weighted by atomic mass is 79.9. The number of carbonyl (C=O) groups excluding carboxylic acids is 3. The summed E-state index contributed by atoms with van der Waals surface area (Å²) in [6, 6.07) is 14.4. The molecule has 0 spiro atoms. The van der Waals surface area contributed by atoms with Gasteiger partial charge in [-0.05, 0) is 36.4 Å². The molecule has 2 aliphatic heterocycles. The van der Waals surface area contributed by atoms with Gasteiger partial charge in [0.05, 0.1) is 30.4 Å². The van der Waals surface area contributed by atoms with Gasteiger partial charge in [-0.3, -0.25) is 19.3 Å². The highest BCUT2D eigenvalue weighted by Gasteiger charge is 2.35. The fourth-order valence-electron chi connectivity index (χ4n) is 4.03. The van der Waals surface area contributed by atoms with Crippen LogP contribution in [-0.4, -0.2) is 68.6 Å². The van der Waals surface area contributed by atoms with Crippen molar-refractivity contribution < 1.29 is 19.1 Å². The van der Waals surface area contributed by atoms with Crippen molar-refractivity contribution in [2.75, 3.05) is 56.2 Å². The van der Waals surface area contributed by atoms with E-state index in [1.165, 1.54) is 0 Å². The molecule has 2 aliphatic rings. The topological polar surface area (TPSA) is 91.0 Å². The van der Waals surface area contributed by atoms with Crippen LogP contribution in [0.25, 0.3) is 0 Å². The second-order valence-corrected chi connectivity index (χ2v) is 9.04. The first kappa shape index (κ1) is 23.4. The van der Waals surface area contributed by atoms with E-state index in [0.717, 1.165) is 29.8 Å². The molecule has 8 nitrogen and oxygen atoms in total. The number of hydrogen-bond donors (Lipinski definition) is 2. The van der Waals surface area contributed by atoms with E-state index in [1.54, 1.807) is 29.2 Å². The summed E-state index contributed by atoms with van der Waals surface area (Å²) in [6.45, 7) is 4.72. The van der Waals surface area contributed by atoms with Gasteiger partial charge in [0, 0.05) is 49.3 Å². The monoisotopic (exact) mass is 514 g/mol. The number of hydrogen-bond acceptors (Lipinski definition) is 5. The summed E-state index contributed by atoms with van der Waals surface area (Å²) < 4.78 is 6.26. The summed E-state index contributed by atoms with van der Waals surface area (Å²) in [4.78, 5) is 42.1. The molecule has 0 unspecified atom stereocenters. The largest absolute Gasteiger partial charge is 0.379 e. The van der Waals surface area contributed by atoms with Crippen molar-refractivity contribution in [3.8, 4) is 0 Å². The predicted octanol–water partition coefficient (Wildman–Crippen LogP) is 2.50. The molecule has 4 rings (SSSR count). The van der Waals surface area contributed by atoms with Gasteiger partial charge in [0.15, 0.2) is 0 Å². The van der Waals surface area contributed by atoms with Crippen molar-refractivity contribution >= 4 is 45.0 Å². The molecule has 0 aromatic heterocycles. The van der Waals surface area contributed by atoms with E-state index in [1.807, 2.05) is 24.3 Å². The van der Waals surface area contributed by atoms with Crippen LogP contribution in [0.1, 0.15) is 16.8 Å². The van der Waals surface area contributed by atoms with Crippen LogP contribution in [0.4, 0.5) is 11.4 Å². The van der Waals surface area contributed by atoms with E-state index in [-0.39, 0.29) is 24.1 Å². The molecule has 33 heavy (non-hydrogen) atoms. The Morgan fingerprint density at radius 2 is 1.79 bits per heavy atom. The van der Waals surface area contributed by atoms with E-state index in [9.17, 15) is 14.4 Å². The van der Waals surface area contributed by atoms with Crippen LogP contribution in [0, 0.1) is 5.92 Å². The molecular formula is C24H27BrN4O4.